The fourth-order valence-electron chi connectivity index (χ4n) is 0.763. The van der Waals surface area contributed by atoms with Crippen molar-refractivity contribution in [1.82, 2.24) is 5.73 Å². The summed E-state index contributed by atoms with van der Waals surface area (Å²) in [6.07, 6.45) is 0. The molecule has 1 aromatic carbocycles. The van der Waals surface area contributed by atoms with Crippen LogP contribution in [-0.4, -0.2) is 13.1 Å². The Kier molecular flexibility index (Phi) is 2.77. The maximum Gasteiger partial charge on any atom is 0.0340 e. The van der Waals surface area contributed by atoms with E-state index in [0.29, 0.717) is 6.54 Å². The maximum absolute atomic E-state index is 6.89. The minimum Gasteiger partial charge on any atom is -0.384 e. The third kappa shape index (κ3) is 2.07. The standard InChI is InChI=1S/C8H11N2/c9-6-7-10-8-4-2-1-3-5-8/h1-5,9-10H,6-7H2. The normalized spacial score (nSPS) is 9.30. The zero-order valence-corrected chi connectivity index (χ0v) is 5.80. The van der Waals surface area contributed by atoms with Gasteiger partial charge in [-0.05, 0) is 12.1 Å². The minimum absolute atomic E-state index is 0.425. The zero-order valence-electron chi connectivity index (χ0n) is 5.80. The Labute approximate surface area is 61.1 Å². The topological polar surface area (TPSA) is 35.8 Å². The predicted molar refractivity (Wildman–Crippen MR) is 42.9 cm³/mol. The van der Waals surface area contributed by atoms with Gasteiger partial charge in [0.15, 0.2) is 0 Å². The first-order valence-electron chi connectivity index (χ1n) is 3.37. The van der Waals surface area contributed by atoms with E-state index >= 15 is 0 Å². The van der Waals surface area contributed by atoms with Gasteiger partial charge in [-0.15, -0.1) is 0 Å². The molecule has 1 aromatic rings. The van der Waals surface area contributed by atoms with Gasteiger partial charge < -0.3 is 5.32 Å². The molecule has 0 spiro atoms. The molecular formula is C8H11N2. The summed E-state index contributed by atoms with van der Waals surface area (Å²) in [6, 6.07) is 9.93. The van der Waals surface area contributed by atoms with Crippen molar-refractivity contribution in [2.24, 2.45) is 0 Å². The Morgan fingerprint density at radius 2 is 1.90 bits per heavy atom. The Balaban J connectivity index is 2.43. The molecule has 0 aliphatic heterocycles. The van der Waals surface area contributed by atoms with Crippen LogP contribution in [-0.2, 0) is 0 Å². The summed E-state index contributed by atoms with van der Waals surface area (Å²) in [5.74, 6) is 0. The summed E-state index contributed by atoms with van der Waals surface area (Å²) >= 11 is 0. The van der Waals surface area contributed by atoms with Crippen LogP contribution in [0.4, 0.5) is 5.69 Å². The first kappa shape index (κ1) is 7.09. The van der Waals surface area contributed by atoms with E-state index in [0.717, 1.165) is 12.2 Å². The molecule has 0 fully saturated rings. The van der Waals surface area contributed by atoms with E-state index in [1.165, 1.54) is 0 Å². The van der Waals surface area contributed by atoms with Crippen molar-refractivity contribution in [3.8, 4) is 0 Å². The second-order valence-electron chi connectivity index (χ2n) is 2.04. The highest BCUT2D eigenvalue weighted by Gasteiger charge is 1.84. The largest absolute Gasteiger partial charge is 0.384 e. The fraction of sp³-hybridized carbons (Fsp3) is 0.250. The lowest BCUT2D eigenvalue weighted by Gasteiger charge is -2.01. The van der Waals surface area contributed by atoms with E-state index in [-0.39, 0.29) is 0 Å². The Morgan fingerprint density at radius 3 is 2.50 bits per heavy atom. The van der Waals surface area contributed by atoms with E-state index < -0.39 is 0 Å². The van der Waals surface area contributed by atoms with E-state index in [9.17, 15) is 0 Å². The SMILES string of the molecule is [NH]CCNc1ccccc1. The molecule has 10 heavy (non-hydrogen) atoms. The highest BCUT2D eigenvalue weighted by atomic mass is 14.9. The number of rotatable bonds is 3. The highest BCUT2D eigenvalue weighted by Crippen LogP contribution is 2.02. The van der Waals surface area contributed by atoms with Gasteiger partial charge in [0.2, 0.25) is 0 Å². The summed E-state index contributed by atoms with van der Waals surface area (Å²) in [5.41, 5.74) is 7.98. The van der Waals surface area contributed by atoms with Crippen LogP contribution < -0.4 is 11.1 Å². The van der Waals surface area contributed by atoms with Gasteiger partial charge in [0.05, 0.1) is 0 Å². The molecule has 1 rings (SSSR count). The molecule has 0 saturated heterocycles. The van der Waals surface area contributed by atoms with Crippen LogP contribution in [0.15, 0.2) is 30.3 Å². The van der Waals surface area contributed by atoms with E-state index in [4.69, 9.17) is 5.73 Å². The lowest BCUT2D eigenvalue weighted by atomic mass is 10.3. The third-order valence-corrected chi connectivity index (χ3v) is 1.23. The molecule has 53 valence electrons. The van der Waals surface area contributed by atoms with Crippen LogP contribution in [0.5, 0.6) is 0 Å². The monoisotopic (exact) mass is 135 g/mol. The van der Waals surface area contributed by atoms with Crippen molar-refractivity contribution in [3.05, 3.63) is 30.3 Å². The zero-order chi connectivity index (χ0) is 7.23. The third-order valence-electron chi connectivity index (χ3n) is 1.23. The van der Waals surface area contributed by atoms with Crippen LogP contribution >= 0.6 is 0 Å². The quantitative estimate of drug-likeness (QED) is 0.667. The molecule has 0 heterocycles. The van der Waals surface area contributed by atoms with Crippen molar-refractivity contribution in [2.45, 2.75) is 0 Å². The molecule has 0 aromatic heterocycles. The van der Waals surface area contributed by atoms with Gasteiger partial charge in [0.25, 0.3) is 0 Å². The molecule has 2 N–H and O–H groups in total. The number of hydrogen-bond acceptors (Lipinski definition) is 1. The molecule has 1 radical (unpaired) electrons. The molecule has 0 amide bonds. The van der Waals surface area contributed by atoms with Crippen molar-refractivity contribution in [1.29, 1.82) is 0 Å². The Morgan fingerprint density at radius 1 is 1.20 bits per heavy atom. The van der Waals surface area contributed by atoms with Crippen molar-refractivity contribution in [2.75, 3.05) is 18.4 Å². The average Bonchev–Trinajstić information content (AvgIpc) is 2.03. The van der Waals surface area contributed by atoms with Crippen molar-refractivity contribution in [3.63, 3.8) is 0 Å². The number of anilines is 1. The summed E-state index contributed by atoms with van der Waals surface area (Å²) in [4.78, 5) is 0. The van der Waals surface area contributed by atoms with Crippen LogP contribution in [0.25, 0.3) is 0 Å². The molecule has 0 aliphatic carbocycles. The van der Waals surface area contributed by atoms with Gasteiger partial charge >= 0.3 is 0 Å². The maximum atomic E-state index is 6.89. The number of para-hydroxylation sites is 1. The smallest absolute Gasteiger partial charge is 0.0340 e. The molecular weight excluding hydrogens is 124 g/mol. The number of nitrogens with one attached hydrogen (secondary N) is 2. The lowest BCUT2D eigenvalue weighted by Crippen LogP contribution is -2.05. The van der Waals surface area contributed by atoms with Gasteiger partial charge in [-0.2, -0.15) is 0 Å². The van der Waals surface area contributed by atoms with Crippen LogP contribution in [0.3, 0.4) is 0 Å². The van der Waals surface area contributed by atoms with Crippen LogP contribution in [0.1, 0.15) is 0 Å². The summed E-state index contributed by atoms with van der Waals surface area (Å²) in [7, 11) is 0. The fourth-order valence-corrected chi connectivity index (χ4v) is 0.763. The number of benzene rings is 1. The van der Waals surface area contributed by atoms with Gasteiger partial charge in [-0.25, -0.2) is 0 Å². The second kappa shape index (κ2) is 3.90. The van der Waals surface area contributed by atoms with Crippen LogP contribution in [0, 0.1) is 0 Å². The van der Waals surface area contributed by atoms with Gasteiger partial charge in [-0.1, -0.05) is 18.2 Å². The highest BCUT2D eigenvalue weighted by molar-refractivity contribution is 5.42. The molecule has 0 aliphatic rings. The summed E-state index contributed by atoms with van der Waals surface area (Å²) in [5, 5.41) is 3.11. The van der Waals surface area contributed by atoms with E-state index in [1.807, 2.05) is 30.3 Å². The Hall–Kier alpha value is -1.02. The average molecular weight is 135 g/mol. The first-order chi connectivity index (χ1) is 4.93. The molecule has 0 bridgehead atoms. The number of hydrogen-bond donors (Lipinski definition) is 1. The molecule has 0 unspecified atom stereocenters. The Bertz CT molecular complexity index is 172. The second-order valence-corrected chi connectivity index (χ2v) is 2.04. The van der Waals surface area contributed by atoms with Crippen molar-refractivity contribution < 1.29 is 0 Å². The molecule has 2 nitrogen and oxygen atoms in total. The van der Waals surface area contributed by atoms with E-state index in [1.54, 1.807) is 0 Å². The summed E-state index contributed by atoms with van der Waals surface area (Å²) < 4.78 is 0. The van der Waals surface area contributed by atoms with Crippen LogP contribution in [0.2, 0.25) is 0 Å². The lowest BCUT2D eigenvalue weighted by molar-refractivity contribution is 0.994. The first-order valence-corrected chi connectivity index (χ1v) is 3.37. The van der Waals surface area contributed by atoms with E-state index in [2.05, 4.69) is 5.32 Å². The summed E-state index contributed by atoms with van der Waals surface area (Å²) in [6.45, 7) is 1.15. The molecule has 0 saturated carbocycles. The van der Waals surface area contributed by atoms with Crippen molar-refractivity contribution >= 4 is 5.69 Å². The van der Waals surface area contributed by atoms with Gasteiger partial charge in [0, 0.05) is 18.8 Å². The predicted octanol–water partition coefficient (Wildman–Crippen LogP) is 1.38. The molecule has 2 heteroatoms. The van der Waals surface area contributed by atoms with Gasteiger partial charge in [-0.3, -0.25) is 5.73 Å². The molecule has 0 atom stereocenters. The van der Waals surface area contributed by atoms with Gasteiger partial charge in [0.1, 0.15) is 0 Å². The minimum atomic E-state index is 0.425.